The van der Waals surface area contributed by atoms with Gasteiger partial charge in [0, 0.05) is 40.3 Å². The molecule has 2 aromatic carbocycles. The molecule has 0 aromatic heterocycles. The third-order valence-corrected chi connectivity index (χ3v) is 7.67. The van der Waals surface area contributed by atoms with Crippen LogP contribution in [0.1, 0.15) is 45.7 Å². The van der Waals surface area contributed by atoms with E-state index in [-0.39, 0.29) is 24.8 Å². The van der Waals surface area contributed by atoms with Gasteiger partial charge in [0.15, 0.2) is 18.3 Å². The Morgan fingerprint density at radius 2 is 1.44 bits per heavy atom. The van der Waals surface area contributed by atoms with E-state index in [1.54, 1.807) is 6.07 Å². The van der Waals surface area contributed by atoms with E-state index in [2.05, 4.69) is 0 Å². The summed E-state index contributed by atoms with van der Waals surface area (Å²) in [4.78, 5) is 65.5. The second-order valence-electron chi connectivity index (χ2n) is 13.0. The van der Waals surface area contributed by atoms with Crippen molar-refractivity contribution in [3.63, 3.8) is 0 Å². The maximum atomic E-state index is 13.2. The van der Waals surface area contributed by atoms with E-state index in [0.29, 0.717) is 25.1 Å². The van der Waals surface area contributed by atoms with Gasteiger partial charge in [-0.25, -0.2) is 9.59 Å². The number of anilines is 1. The maximum Gasteiger partial charge on any atom is 0.411 e. The zero-order valence-electron chi connectivity index (χ0n) is 30.8. The molecule has 0 spiro atoms. The Balaban J connectivity index is 1.76. The summed E-state index contributed by atoms with van der Waals surface area (Å²) in [6.45, 7) is 7.96. The van der Waals surface area contributed by atoms with Gasteiger partial charge in [-0.05, 0) is 51.2 Å². The van der Waals surface area contributed by atoms with Gasteiger partial charge in [-0.1, -0.05) is 36.4 Å². The van der Waals surface area contributed by atoms with E-state index < -0.39 is 66.3 Å². The van der Waals surface area contributed by atoms with Crippen molar-refractivity contribution in [2.45, 2.75) is 84.0 Å². The van der Waals surface area contributed by atoms with Crippen LogP contribution in [-0.2, 0) is 65.4 Å². The Bertz CT molecular complexity index is 1530. The molecule has 16 heteroatoms. The standard InChI is InChI=1S/C36H49N3O13/c1-22(40)48-29-30(49-23(2)41)32(50-24(3)42)34(52-31(29)33(43)45-8)51-28-15-14-26(18-27(28)37)20-46-35(44)39(17-16-38(6)7)21-47-36(4,5)19-25-12-10-9-11-13-25/h9-15,18,29-32,34H,16-17,19-21,37H2,1-8H3/t29-,30-,31-,32+,34+/m0/s1. The fraction of sp³-hybridized carbons (Fsp3) is 0.528. The summed E-state index contributed by atoms with van der Waals surface area (Å²) in [6.07, 6.45) is -7.78. The highest BCUT2D eigenvalue weighted by Crippen LogP contribution is 2.33. The van der Waals surface area contributed by atoms with Gasteiger partial charge >= 0.3 is 30.0 Å². The van der Waals surface area contributed by atoms with E-state index >= 15 is 0 Å². The van der Waals surface area contributed by atoms with E-state index in [1.807, 2.05) is 63.2 Å². The number of likely N-dealkylation sites (N-methyl/N-ethyl adjacent to an activating group) is 1. The first-order valence-corrected chi connectivity index (χ1v) is 16.5. The molecule has 1 amide bonds. The van der Waals surface area contributed by atoms with Gasteiger partial charge in [-0.2, -0.15) is 0 Å². The van der Waals surface area contributed by atoms with Crippen molar-refractivity contribution in [1.82, 2.24) is 9.80 Å². The second kappa shape index (κ2) is 19.1. The van der Waals surface area contributed by atoms with Crippen LogP contribution in [0.2, 0.25) is 0 Å². The summed E-state index contributed by atoms with van der Waals surface area (Å²) in [5.41, 5.74) is 7.43. The normalized spacial score (nSPS) is 20.0. The average molecular weight is 732 g/mol. The first-order chi connectivity index (χ1) is 24.5. The molecular weight excluding hydrogens is 682 g/mol. The summed E-state index contributed by atoms with van der Waals surface area (Å²) in [5, 5.41) is 0. The van der Waals surface area contributed by atoms with Crippen molar-refractivity contribution in [3.05, 3.63) is 59.7 Å². The lowest BCUT2D eigenvalue weighted by molar-refractivity contribution is -0.282. The van der Waals surface area contributed by atoms with Gasteiger partial charge in [0.25, 0.3) is 0 Å². The number of ether oxygens (including phenoxy) is 8. The minimum absolute atomic E-state index is 0.00549. The van der Waals surface area contributed by atoms with Crippen LogP contribution in [0.3, 0.4) is 0 Å². The minimum Gasteiger partial charge on any atom is -0.467 e. The molecule has 0 unspecified atom stereocenters. The number of nitrogens with zero attached hydrogens (tertiary/aromatic N) is 2. The molecule has 0 saturated carbocycles. The number of amides is 1. The van der Waals surface area contributed by atoms with E-state index in [4.69, 9.17) is 43.6 Å². The topological polar surface area (TPSA) is 192 Å². The predicted molar refractivity (Wildman–Crippen MR) is 184 cm³/mol. The van der Waals surface area contributed by atoms with Crippen molar-refractivity contribution in [3.8, 4) is 5.75 Å². The van der Waals surface area contributed by atoms with Gasteiger partial charge in [-0.15, -0.1) is 0 Å². The van der Waals surface area contributed by atoms with Crippen LogP contribution >= 0.6 is 0 Å². The smallest absolute Gasteiger partial charge is 0.411 e. The highest BCUT2D eigenvalue weighted by molar-refractivity contribution is 5.77. The van der Waals surface area contributed by atoms with Crippen molar-refractivity contribution in [1.29, 1.82) is 0 Å². The molecule has 1 heterocycles. The largest absolute Gasteiger partial charge is 0.467 e. The Kier molecular flexibility index (Phi) is 15.2. The van der Waals surface area contributed by atoms with Gasteiger partial charge < -0.3 is 48.5 Å². The number of hydrogen-bond acceptors (Lipinski definition) is 15. The molecule has 1 aliphatic rings. The summed E-state index contributed by atoms with van der Waals surface area (Å²) in [6, 6.07) is 14.4. The molecule has 2 aromatic rings. The molecule has 52 heavy (non-hydrogen) atoms. The van der Waals surface area contributed by atoms with Crippen LogP contribution in [-0.4, -0.2) is 117 Å². The van der Waals surface area contributed by atoms with Crippen molar-refractivity contribution >= 4 is 35.7 Å². The third-order valence-electron chi connectivity index (χ3n) is 7.67. The van der Waals surface area contributed by atoms with Crippen LogP contribution < -0.4 is 10.5 Å². The molecule has 0 aliphatic carbocycles. The summed E-state index contributed by atoms with van der Waals surface area (Å²) in [5.74, 6) is -3.43. The van der Waals surface area contributed by atoms with Gasteiger partial charge in [0.1, 0.15) is 19.1 Å². The number of methoxy groups -OCH3 is 1. The van der Waals surface area contributed by atoms with Gasteiger partial charge in [-0.3, -0.25) is 19.3 Å². The van der Waals surface area contributed by atoms with Crippen molar-refractivity contribution in [2.75, 3.05) is 46.8 Å². The van der Waals surface area contributed by atoms with Crippen LogP contribution in [0.4, 0.5) is 10.5 Å². The first kappa shape index (κ1) is 41.5. The molecule has 2 N–H and O–H groups in total. The summed E-state index contributed by atoms with van der Waals surface area (Å²) >= 11 is 0. The number of carbonyl (C=O) groups excluding carboxylic acids is 5. The number of benzene rings is 2. The third kappa shape index (κ3) is 12.7. The molecule has 286 valence electrons. The lowest BCUT2D eigenvalue weighted by atomic mass is 9.97. The maximum absolute atomic E-state index is 13.2. The van der Waals surface area contributed by atoms with Gasteiger partial charge in [0.05, 0.1) is 18.4 Å². The number of rotatable bonds is 16. The number of nitrogens with two attached hydrogens (primary N) is 1. The molecule has 0 bridgehead atoms. The molecule has 1 saturated heterocycles. The van der Waals surface area contributed by atoms with E-state index in [1.165, 1.54) is 17.0 Å². The zero-order chi connectivity index (χ0) is 38.6. The number of nitrogen functional groups attached to an aromatic ring is 1. The predicted octanol–water partition coefficient (Wildman–Crippen LogP) is 2.84. The van der Waals surface area contributed by atoms with Gasteiger partial charge in [0.2, 0.25) is 12.4 Å². The van der Waals surface area contributed by atoms with E-state index in [0.717, 1.165) is 33.4 Å². The highest BCUT2D eigenvalue weighted by Gasteiger charge is 2.56. The number of carbonyl (C=O) groups is 5. The SMILES string of the molecule is COC(=O)[C@H]1O[C@@H](Oc2ccc(COC(=O)N(CCN(C)C)COC(C)(C)Cc3ccccc3)cc2N)[C@H](OC(C)=O)[C@@H](OC(C)=O)[C@@H]1OC(C)=O. The molecule has 16 nitrogen and oxygen atoms in total. The molecule has 1 aliphatic heterocycles. The Morgan fingerprint density at radius 3 is 2.02 bits per heavy atom. The molecular formula is C36H49N3O13. The summed E-state index contributed by atoms with van der Waals surface area (Å²) in [7, 11) is 4.87. The Hall–Kier alpha value is -4.93. The second-order valence-corrected chi connectivity index (χ2v) is 13.0. The van der Waals surface area contributed by atoms with Crippen LogP contribution in [0.5, 0.6) is 5.75 Å². The fourth-order valence-electron chi connectivity index (χ4n) is 5.25. The minimum atomic E-state index is -1.64. The van der Waals surface area contributed by atoms with Crippen LogP contribution in [0.25, 0.3) is 0 Å². The molecule has 0 radical (unpaired) electrons. The Morgan fingerprint density at radius 1 is 0.827 bits per heavy atom. The average Bonchev–Trinajstić information content (AvgIpc) is 3.06. The molecule has 3 rings (SSSR count). The Labute approximate surface area is 303 Å². The molecule has 5 atom stereocenters. The fourth-order valence-corrected chi connectivity index (χ4v) is 5.25. The zero-order valence-corrected chi connectivity index (χ0v) is 30.8. The first-order valence-electron chi connectivity index (χ1n) is 16.5. The molecule has 1 fully saturated rings. The highest BCUT2D eigenvalue weighted by atomic mass is 16.7. The van der Waals surface area contributed by atoms with Crippen molar-refractivity contribution in [2.24, 2.45) is 0 Å². The monoisotopic (exact) mass is 731 g/mol. The summed E-state index contributed by atoms with van der Waals surface area (Å²) < 4.78 is 44.4. The lowest BCUT2D eigenvalue weighted by Gasteiger charge is -2.43. The lowest BCUT2D eigenvalue weighted by Crippen LogP contribution is -2.64. The van der Waals surface area contributed by atoms with Crippen LogP contribution in [0.15, 0.2) is 48.5 Å². The number of hydrogen-bond donors (Lipinski definition) is 1. The van der Waals surface area contributed by atoms with E-state index in [9.17, 15) is 24.0 Å². The van der Waals surface area contributed by atoms with Crippen LogP contribution in [0, 0.1) is 0 Å². The quantitative estimate of drug-likeness (QED) is 0.115. The van der Waals surface area contributed by atoms with Crippen molar-refractivity contribution < 1.29 is 61.9 Å². The number of esters is 4.